The highest BCUT2D eigenvalue weighted by Gasteiger charge is 2.04. The Kier molecular flexibility index (Phi) is 11.3. The van der Waals surface area contributed by atoms with Crippen molar-refractivity contribution in [3.05, 3.63) is 0 Å². The minimum atomic E-state index is -0.770. The molecule has 0 amide bonds. The lowest BCUT2D eigenvalue weighted by atomic mass is 10.4. The number of aliphatic carboxylic acids is 1. The van der Waals surface area contributed by atoms with Crippen LogP contribution in [-0.2, 0) is 14.3 Å². The van der Waals surface area contributed by atoms with Crippen LogP contribution in [0, 0.1) is 0 Å². The second-order valence-electron chi connectivity index (χ2n) is 3.72. The molecule has 0 atom stereocenters. The van der Waals surface area contributed by atoms with Crippen LogP contribution in [0.3, 0.4) is 0 Å². The fourth-order valence-electron chi connectivity index (χ4n) is 1.33. The summed E-state index contributed by atoms with van der Waals surface area (Å²) in [6, 6.07) is 0. The smallest absolute Gasteiger partial charge is 0.304 e. The van der Waals surface area contributed by atoms with E-state index in [1.54, 1.807) is 14.2 Å². The van der Waals surface area contributed by atoms with E-state index in [1.807, 2.05) is 0 Å². The summed E-state index contributed by atoms with van der Waals surface area (Å²) in [5.74, 6) is -0.770. The maximum atomic E-state index is 10.3. The van der Waals surface area contributed by atoms with Gasteiger partial charge in [-0.3, -0.25) is 9.69 Å². The molecule has 0 spiro atoms. The summed E-state index contributed by atoms with van der Waals surface area (Å²) in [5.41, 5.74) is 0. The van der Waals surface area contributed by atoms with E-state index in [-0.39, 0.29) is 6.42 Å². The van der Waals surface area contributed by atoms with Crippen molar-refractivity contribution >= 4 is 5.97 Å². The number of hydrogen-bond acceptors (Lipinski definition) is 5. The van der Waals surface area contributed by atoms with E-state index >= 15 is 0 Å². The molecule has 6 heteroatoms. The lowest BCUT2D eigenvalue weighted by molar-refractivity contribution is -0.136. The Balaban J connectivity index is 3.55. The molecule has 102 valence electrons. The van der Waals surface area contributed by atoms with E-state index in [1.165, 1.54) is 0 Å². The Hall–Kier alpha value is -0.690. The fraction of sp³-hybridized carbons (Fsp3) is 0.909. The molecule has 0 aromatic heterocycles. The molecule has 0 aliphatic heterocycles. The number of hydrogen-bond donors (Lipinski definition) is 2. The molecule has 0 radical (unpaired) electrons. The number of carbonyl (C=O) groups is 1. The number of nitrogens with zero attached hydrogens (tertiary/aromatic N) is 1. The van der Waals surface area contributed by atoms with Crippen LogP contribution in [0.15, 0.2) is 0 Å². The Bertz CT molecular complexity index is 182. The summed E-state index contributed by atoms with van der Waals surface area (Å²) in [5, 5.41) is 11.6. The molecule has 0 fully saturated rings. The molecule has 0 aliphatic rings. The highest BCUT2D eigenvalue weighted by Crippen LogP contribution is 1.88. The molecule has 0 bridgehead atoms. The molecule has 0 rings (SSSR count). The van der Waals surface area contributed by atoms with Gasteiger partial charge in [-0.2, -0.15) is 0 Å². The van der Waals surface area contributed by atoms with Gasteiger partial charge < -0.3 is 19.9 Å². The molecular formula is C11H24N2O4. The number of methoxy groups -OCH3 is 2. The maximum Gasteiger partial charge on any atom is 0.304 e. The van der Waals surface area contributed by atoms with Crippen LogP contribution in [0.25, 0.3) is 0 Å². The Labute approximate surface area is 103 Å². The molecule has 0 aromatic rings. The van der Waals surface area contributed by atoms with Crippen molar-refractivity contribution in [3.8, 4) is 0 Å². The van der Waals surface area contributed by atoms with Crippen LogP contribution in [0.1, 0.15) is 6.42 Å². The van der Waals surface area contributed by atoms with Crippen molar-refractivity contribution in [2.45, 2.75) is 6.42 Å². The lowest BCUT2D eigenvalue weighted by Crippen LogP contribution is -2.37. The topological polar surface area (TPSA) is 71.0 Å². The normalized spacial score (nSPS) is 11.0. The Morgan fingerprint density at radius 2 is 1.71 bits per heavy atom. The molecule has 6 nitrogen and oxygen atoms in total. The van der Waals surface area contributed by atoms with Gasteiger partial charge in [0.2, 0.25) is 0 Å². The molecule has 0 saturated carbocycles. The van der Waals surface area contributed by atoms with Gasteiger partial charge in [0.25, 0.3) is 0 Å². The zero-order valence-electron chi connectivity index (χ0n) is 10.8. The summed E-state index contributed by atoms with van der Waals surface area (Å²) in [6.45, 7) is 5.27. The number of carboxylic acids is 1. The number of nitrogens with one attached hydrogen (secondary N) is 1. The third-order valence-electron chi connectivity index (χ3n) is 2.34. The van der Waals surface area contributed by atoms with E-state index in [9.17, 15) is 4.79 Å². The number of rotatable bonds is 12. The zero-order chi connectivity index (χ0) is 12.9. The zero-order valence-corrected chi connectivity index (χ0v) is 10.8. The number of carboxylic acid groups (broad SMARTS) is 1. The van der Waals surface area contributed by atoms with E-state index in [0.29, 0.717) is 19.8 Å². The summed E-state index contributed by atoms with van der Waals surface area (Å²) in [6.07, 6.45) is 0.163. The second kappa shape index (κ2) is 11.8. The first-order chi connectivity index (χ1) is 8.20. The maximum absolute atomic E-state index is 10.3. The highest BCUT2D eigenvalue weighted by atomic mass is 16.5. The van der Waals surface area contributed by atoms with E-state index in [0.717, 1.165) is 26.2 Å². The van der Waals surface area contributed by atoms with Gasteiger partial charge in [0.15, 0.2) is 0 Å². The standard InChI is InChI=1S/C11H24N2O4/c1-16-9-7-13(8-10-17-2)6-5-12-4-3-11(14)15/h12H,3-10H2,1-2H3,(H,14,15). The summed E-state index contributed by atoms with van der Waals surface area (Å²) in [7, 11) is 3.36. The quantitative estimate of drug-likeness (QED) is 0.460. The van der Waals surface area contributed by atoms with Gasteiger partial charge in [0.05, 0.1) is 19.6 Å². The molecule has 0 unspecified atom stereocenters. The van der Waals surface area contributed by atoms with Crippen LogP contribution in [0.4, 0.5) is 0 Å². The van der Waals surface area contributed by atoms with E-state index in [4.69, 9.17) is 14.6 Å². The van der Waals surface area contributed by atoms with Crippen molar-refractivity contribution in [2.75, 3.05) is 60.2 Å². The molecule has 2 N–H and O–H groups in total. The Morgan fingerprint density at radius 3 is 2.18 bits per heavy atom. The summed E-state index contributed by atoms with van der Waals surface area (Å²) < 4.78 is 10.1. The number of ether oxygens (including phenoxy) is 2. The van der Waals surface area contributed by atoms with Crippen molar-refractivity contribution in [2.24, 2.45) is 0 Å². The molecule has 0 heterocycles. The second-order valence-corrected chi connectivity index (χ2v) is 3.72. The first-order valence-electron chi connectivity index (χ1n) is 5.83. The highest BCUT2D eigenvalue weighted by molar-refractivity contribution is 5.66. The minimum absolute atomic E-state index is 0.163. The van der Waals surface area contributed by atoms with Gasteiger partial charge in [0, 0.05) is 46.9 Å². The average Bonchev–Trinajstić information content (AvgIpc) is 2.30. The summed E-state index contributed by atoms with van der Waals surface area (Å²) >= 11 is 0. The first kappa shape index (κ1) is 16.3. The third-order valence-corrected chi connectivity index (χ3v) is 2.34. The van der Waals surface area contributed by atoms with E-state index < -0.39 is 5.97 Å². The van der Waals surface area contributed by atoms with Crippen molar-refractivity contribution in [1.29, 1.82) is 0 Å². The van der Waals surface area contributed by atoms with Crippen molar-refractivity contribution in [1.82, 2.24) is 10.2 Å². The molecule has 17 heavy (non-hydrogen) atoms. The van der Waals surface area contributed by atoms with Crippen LogP contribution < -0.4 is 5.32 Å². The van der Waals surface area contributed by atoms with Crippen molar-refractivity contribution in [3.63, 3.8) is 0 Å². The predicted octanol–water partition coefficient (Wildman–Crippen LogP) is -0.354. The molecular weight excluding hydrogens is 224 g/mol. The summed E-state index contributed by atoms with van der Waals surface area (Å²) in [4.78, 5) is 12.5. The SMILES string of the molecule is COCCN(CCNCCC(=O)O)CCOC. The fourth-order valence-corrected chi connectivity index (χ4v) is 1.33. The van der Waals surface area contributed by atoms with E-state index in [2.05, 4.69) is 10.2 Å². The third kappa shape index (κ3) is 11.6. The average molecular weight is 248 g/mol. The largest absolute Gasteiger partial charge is 0.481 e. The predicted molar refractivity (Wildman–Crippen MR) is 65.3 cm³/mol. The first-order valence-corrected chi connectivity index (χ1v) is 5.83. The van der Waals surface area contributed by atoms with Gasteiger partial charge in [-0.15, -0.1) is 0 Å². The van der Waals surface area contributed by atoms with Crippen LogP contribution >= 0.6 is 0 Å². The Morgan fingerprint density at radius 1 is 1.12 bits per heavy atom. The van der Waals surface area contributed by atoms with Crippen LogP contribution in [-0.4, -0.2) is 76.1 Å². The van der Waals surface area contributed by atoms with Gasteiger partial charge in [-0.1, -0.05) is 0 Å². The molecule has 0 saturated heterocycles. The van der Waals surface area contributed by atoms with Crippen molar-refractivity contribution < 1.29 is 19.4 Å². The minimum Gasteiger partial charge on any atom is -0.481 e. The molecule has 0 aliphatic carbocycles. The monoisotopic (exact) mass is 248 g/mol. The van der Waals surface area contributed by atoms with Gasteiger partial charge >= 0.3 is 5.97 Å². The lowest BCUT2D eigenvalue weighted by Gasteiger charge is -2.21. The van der Waals surface area contributed by atoms with Crippen LogP contribution in [0.2, 0.25) is 0 Å². The van der Waals surface area contributed by atoms with Gasteiger partial charge in [-0.05, 0) is 0 Å². The van der Waals surface area contributed by atoms with Gasteiger partial charge in [-0.25, -0.2) is 0 Å². The molecule has 0 aromatic carbocycles. The van der Waals surface area contributed by atoms with Gasteiger partial charge in [0.1, 0.15) is 0 Å². The van der Waals surface area contributed by atoms with Crippen LogP contribution in [0.5, 0.6) is 0 Å².